The fourth-order valence-electron chi connectivity index (χ4n) is 4.37. The van der Waals surface area contributed by atoms with Crippen LogP contribution in [0.1, 0.15) is 40.9 Å². The van der Waals surface area contributed by atoms with Crippen LogP contribution < -0.4 is 20.9 Å². The smallest absolute Gasteiger partial charge is 0.350 e. The Morgan fingerprint density at radius 1 is 1.18 bits per heavy atom. The summed E-state index contributed by atoms with van der Waals surface area (Å²) < 4.78 is 4.88. The number of benzene rings is 1. The number of hydrogen-bond donors (Lipinski definition) is 3. The van der Waals surface area contributed by atoms with Gasteiger partial charge in [0, 0.05) is 43.3 Å². The van der Waals surface area contributed by atoms with Gasteiger partial charge in [-0.05, 0) is 61.8 Å². The third kappa shape index (κ3) is 5.42. The summed E-state index contributed by atoms with van der Waals surface area (Å²) in [4.78, 5) is 19.5. The summed E-state index contributed by atoms with van der Waals surface area (Å²) in [6, 6.07) is 11.0. The van der Waals surface area contributed by atoms with Crippen LogP contribution in [0.4, 0.5) is 17.2 Å². The van der Waals surface area contributed by atoms with Gasteiger partial charge in [-0.15, -0.1) is 11.3 Å². The van der Waals surface area contributed by atoms with Crippen LogP contribution >= 0.6 is 23.6 Å². The van der Waals surface area contributed by atoms with Crippen molar-refractivity contribution in [2.75, 3.05) is 36.7 Å². The fraction of sp³-hybridized carbons (Fsp3) is 0.400. The molecular weight excluding hydrogens is 466 g/mol. The van der Waals surface area contributed by atoms with E-state index in [9.17, 15) is 4.79 Å². The highest BCUT2D eigenvalue weighted by Gasteiger charge is 2.23. The first-order valence-electron chi connectivity index (χ1n) is 11.4. The lowest BCUT2D eigenvalue weighted by Gasteiger charge is -2.31. The molecule has 1 aliphatic rings. The second kappa shape index (κ2) is 10.6. The molecule has 1 aliphatic carbocycles. The van der Waals surface area contributed by atoms with E-state index < -0.39 is 0 Å². The van der Waals surface area contributed by atoms with E-state index in [1.807, 2.05) is 24.4 Å². The van der Waals surface area contributed by atoms with Crippen molar-refractivity contribution in [3.05, 3.63) is 46.2 Å². The maximum absolute atomic E-state index is 12.0. The molecule has 0 unspecified atom stereocenters. The number of rotatable bonds is 6. The molecule has 0 spiro atoms. The summed E-state index contributed by atoms with van der Waals surface area (Å²) in [6.07, 6.45) is 4.05. The Labute approximate surface area is 209 Å². The van der Waals surface area contributed by atoms with Crippen molar-refractivity contribution in [1.29, 1.82) is 0 Å². The van der Waals surface area contributed by atoms with E-state index in [1.165, 1.54) is 18.4 Å². The third-order valence-electron chi connectivity index (χ3n) is 6.17. The second-order valence-corrected chi connectivity index (χ2v) is 10.1. The lowest BCUT2D eigenvalue weighted by Crippen LogP contribution is -2.42. The molecule has 4 rings (SSSR count). The normalized spacial score (nSPS) is 17.8. The van der Waals surface area contributed by atoms with Gasteiger partial charge in [0.25, 0.3) is 0 Å². The van der Waals surface area contributed by atoms with Gasteiger partial charge in [-0.1, -0.05) is 18.2 Å². The van der Waals surface area contributed by atoms with Crippen molar-refractivity contribution in [2.45, 2.75) is 44.7 Å². The molecule has 0 bridgehead atoms. The number of pyridine rings is 1. The van der Waals surface area contributed by atoms with Gasteiger partial charge in [0.05, 0.1) is 18.3 Å². The SMILES string of the molecule is COC(=O)c1scc(C)c1NC(=S)NC1CCC(Nc2cc(N(C)C)c3ccccc3n2)CC1. The molecule has 9 heteroatoms. The molecule has 7 nitrogen and oxygen atoms in total. The summed E-state index contributed by atoms with van der Waals surface area (Å²) in [5.41, 5.74) is 3.86. The van der Waals surface area contributed by atoms with Crippen LogP contribution in [-0.4, -0.2) is 49.4 Å². The zero-order valence-electron chi connectivity index (χ0n) is 20.0. The highest BCUT2D eigenvalue weighted by molar-refractivity contribution is 7.80. The Morgan fingerprint density at radius 3 is 2.59 bits per heavy atom. The average Bonchev–Trinajstić information content (AvgIpc) is 3.19. The number of fused-ring (bicyclic) bond motifs is 1. The van der Waals surface area contributed by atoms with Crippen molar-refractivity contribution in [3.8, 4) is 0 Å². The number of esters is 1. The summed E-state index contributed by atoms with van der Waals surface area (Å²) in [6.45, 7) is 1.95. The predicted molar refractivity (Wildman–Crippen MR) is 145 cm³/mol. The van der Waals surface area contributed by atoms with Gasteiger partial charge < -0.3 is 25.6 Å². The van der Waals surface area contributed by atoms with Crippen LogP contribution in [0.3, 0.4) is 0 Å². The Kier molecular flexibility index (Phi) is 7.53. The zero-order chi connectivity index (χ0) is 24.2. The number of hydrogen-bond acceptors (Lipinski definition) is 7. The second-order valence-electron chi connectivity index (χ2n) is 8.84. The number of thiocarbonyl (C=S) groups is 1. The van der Waals surface area contributed by atoms with Crippen LogP contribution in [0.5, 0.6) is 0 Å². The van der Waals surface area contributed by atoms with E-state index >= 15 is 0 Å². The molecule has 34 heavy (non-hydrogen) atoms. The van der Waals surface area contributed by atoms with E-state index in [4.69, 9.17) is 21.9 Å². The lowest BCUT2D eigenvalue weighted by molar-refractivity contribution is 0.0607. The highest BCUT2D eigenvalue weighted by Crippen LogP contribution is 2.30. The maximum atomic E-state index is 12.0. The first-order chi connectivity index (χ1) is 16.4. The molecule has 2 heterocycles. The summed E-state index contributed by atoms with van der Waals surface area (Å²) >= 11 is 6.90. The molecule has 1 aromatic carbocycles. The average molecular weight is 498 g/mol. The number of methoxy groups -OCH3 is 1. The number of anilines is 3. The van der Waals surface area contributed by atoms with Crippen LogP contribution in [-0.2, 0) is 4.74 Å². The van der Waals surface area contributed by atoms with Gasteiger partial charge >= 0.3 is 5.97 Å². The molecule has 0 amide bonds. The molecule has 180 valence electrons. The van der Waals surface area contributed by atoms with Crippen LogP contribution in [0.25, 0.3) is 10.9 Å². The van der Waals surface area contributed by atoms with E-state index in [-0.39, 0.29) is 5.97 Å². The molecule has 2 aromatic heterocycles. The van der Waals surface area contributed by atoms with Gasteiger partial charge in [0.1, 0.15) is 10.7 Å². The summed E-state index contributed by atoms with van der Waals surface area (Å²) in [5, 5.41) is 13.9. The van der Waals surface area contributed by atoms with Crippen LogP contribution in [0.2, 0.25) is 0 Å². The Morgan fingerprint density at radius 2 is 1.88 bits per heavy atom. The van der Waals surface area contributed by atoms with Crippen molar-refractivity contribution in [3.63, 3.8) is 0 Å². The number of carbonyl (C=O) groups is 1. The van der Waals surface area contributed by atoms with Crippen molar-refractivity contribution >= 4 is 62.7 Å². The quantitative estimate of drug-likeness (QED) is 0.318. The predicted octanol–water partition coefficient (Wildman–Crippen LogP) is 5.17. The van der Waals surface area contributed by atoms with Crippen molar-refractivity contribution in [1.82, 2.24) is 10.3 Å². The minimum Gasteiger partial charge on any atom is -0.465 e. The zero-order valence-corrected chi connectivity index (χ0v) is 21.6. The third-order valence-corrected chi connectivity index (χ3v) is 7.47. The first kappa shape index (κ1) is 24.2. The van der Waals surface area contributed by atoms with Gasteiger partial charge in [0.15, 0.2) is 5.11 Å². The number of aromatic nitrogens is 1. The van der Waals surface area contributed by atoms with E-state index in [1.54, 1.807) is 0 Å². The molecule has 1 saturated carbocycles. The maximum Gasteiger partial charge on any atom is 0.350 e. The highest BCUT2D eigenvalue weighted by atomic mass is 32.1. The minimum atomic E-state index is -0.352. The molecule has 3 aromatic rings. The number of nitrogens with zero attached hydrogens (tertiary/aromatic N) is 2. The summed E-state index contributed by atoms with van der Waals surface area (Å²) in [5.74, 6) is 0.564. The molecule has 0 aliphatic heterocycles. The van der Waals surface area contributed by atoms with Gasteiger partial charge in [-0.25, -0.2) is 9.78 Å². The molecule has 0 atom stereocenters. The first-order valence-corrected chi connectivity index (χ1v) is 12.7. The molecule has 3 N–H and O–H groups in total. The van der Waals surface area contributed by atoms with E-state index in [0.717, 1.165) is 59.3 Å². The monoisotopic (exact) mass is 497 g/mol. The van der Waals surface area contributed by atoms with E-state index in [2.05, 4.69) is 53.1 Å². The number of aryl methyl sites for hydroxylation is 1. The van der Waals surface area contributed by atoms with Crippen molar-refractivity contribution in [2.24, 2.45) is 0 Å². The fourth-order valence-corrected chi connectivity index (χ4v) is 5.56. The van der Waals surface area contributed by atoms with Crippen LogP contribution in [0, 0.1) is 6.92 Å². The van der Waals surface area contributed by atoms with Gasteiger partial charge in [-0.3, -0.25) is 0 Å². The number of ether oxygens (including phenoxy) is 1. The number of carbonyl (C=O) groups excluding carboxylic acids is 1. The lowest BCUT2D eigenvalue weighted by atomic mass is 9.91. The Balaban J connectivity index is 1.33. The van der Waals surface area contributed by atoms with Gasteiger partial charge in [-0.2, -0.15) is 0 Å². The largest absolute Gasteiger partial charge is 0.465 e. The number of thiophene rings is 1. The number of para-hydroxylation sites is 1. The van der Waals surface area contributed by atoms with Crippen molar-refractivity contribution < 1.29 is 9.53 Å². The molecular formula is C25H31N5O2S2. The van der Waals surface area contributed by atoms with Crippen LogP contribution in [0.15, 0.2) is 35.7 Å². The minimum absolute atomic E-state index is 0.292. The number of nitrogens with one attached hydrogen (secondary N) is 3. The van der Waals surface area contributed by atoms with E-state index in [0.29, 0.717) is 22.1 Å². The Bertz CT molecular complexity index is 1190. The Hall–Kier alpha value is -2.91. The summed E-state index contributed by atoms with van der Waals surface area (Å²) in [7, 11) is 5.51. The molecule has 0 radical (unpaired) electrons. The molecule has 0 saturated heterocycles. The standard InChI is InChI=1S/C25H31N5O2S2/c1-15-14-34-23(24(31)32-4)22(15)29-25(33)27-17-11-9-16(10-12-17)26-21-13-20(30(2)3)18-7-5-6-8-19(18)28-21/h5-8,13-14,16-17H,9-12H2,1-4H3,(H,26,28)(H2,27,29,33). The topological polar surface area (TPSA) is 78.5 Å². The molecule has 1 fully saturated rings. The van der Waals surface area contributed by atoms with Gasteiger partial charge in [0.2, 0.25) is 0 Å².